The van der Waals surface area contributed by atoms with Crippen molar-refractivity contribution in [2.24, 2.45) is 0 Å². The van der Waals surface area contributed by atoms with Crippen LogP contribution in [0, 0.1) is 0 Å². The standard InChI is InChI=1S/C14H38NPSi4/c1-17(2,3)13-16(15-20(10,11)12)14(18(4,5)6)19(7,8)9/h13-14H,1-12H3. The first-order valence-corrected chi connectivity index (χ1v) is 23.4. The molecule has 0 saturated carbocycles. The minimum Gasteiger partial charge on any atom is -0.444 e. The predicted molar refractivity (Wildman–Crippen MR) is 114 cm³/mol. The Labute approximate surface area is 133 Å². The monoisotopic (exact) mass is 363 g/mol. The summed E-state index contributed by atoms with van der Waals surface area (Å²) in [7, 11) is -5.09. The highest BCUT2D eigenvalue weighted by Crippen LogP contribution is 2.49. The largest absolute Gasteiger partial charge is 0.444 e. The predicted octanol–water partition coefficient (Wildman–Crippen LogP) is 6.39. The first-order chi connectivity index (χ1) is 8.43. The molecule has 0 aromatic heterocycles. The Morgan fingerprint density at radius 3 is 1.25 bits per heavy atom. The summed E-state index contributed by atoms with van der Waals surface area (Å²) in [6.07, 6.45) is 0. The van der Waals surface area contributed by atoms with Gasteiger partial charge in [-0.25, -0.2) is 0 Å². The van der Waals surface area contributed by atoms with Crippen LogP contribution in [-0.2, 0) is 0 Å². The van der Waals surface area contributed by atoms with Crippen LogP contribution in [0.3, 0.4) is 0 Å². The first kappa shape index (κ1) is 21.0. The summed E-state index contributed by atoms with van der Waals surface area (Å²) in [6.45, 7) is 30.1. The highest BCUT2D eigenvalue weighted by atomic mass is 31.1. The topological polar surface area (TPSA) is 14.1 Å². The molecule has 0 fully saturated rings. The molecule has 6 heteroatoms. The lowest BCUT2D eigenvalue weighted by Gasteiger charge is -2.41. The maximum absolute atomic E-state index is 5.48. The van der Waals surface area contributed by atoms with Crippen molar-refractivity contribution in [3.8, 4) is 0 Å². The van der Waals surface area contributed by atoms with Crippen molar-refractivity contribution in [3.05, 3.63) is 4.75 Å². The molecular weight excluding hydrogens is 325 g/mol. The average molecular weight is 364 g/mol. The third-order valence-corrected chi connectivity index (χ3v) is 25.6. The molecule has 0 aromatic rings. The van der Waals surface area contributed by atoms with Crippen molar-refractivity contribution in [3.63, 3.8) is 0 Å². The maximum Gasteiger partial charge on any atom is 0.120 e. The van der Waals surface area contributed by atoms with Gasteiger partial charge in [-0.1, -0.05) is 78.6 Å². The summed E-state index contributed by atoms with van der Waals surface area (Å²) < 4.78 is 5.48. The second kappa shape index (κ2) is 6.63. The molecule has 0 bridgehead atoms. The van der Waals surface area contributed by atoms with Gasteiger partial charge >= 0.3 is 0 Å². The van der Waals surface area contributed by atoms with Gasteiger partial charge in [0.1, 0.15) is 8.07 Å². The van der Waals surface area contributed by atoms with Gasteiger partial charge in [-0.3, -0.25) is 0 Å². The molecule has 0 aliphatic rings. The Morgan fingerprint density at radius 1 is 0.700 bits per heavy atom. The zero-order valence-corrected chi connectivity index (χ0v) is 20.9. The molecule has 0 aliphatic carbocycles. The van der Waals surface area contributed by atoms with Gasteiger partial charge in [0, 0.05) is 0 Å². The zero-order valence-electron chi connectivity index (χ0n) is 16.0. The van der Waals surface area contributed by atoms with Crippen molar-refractivity contribution in [2.75, 3.05) is 0 Å². The lowest BCUT2D eigenvalue weighted by atomic mass is 11.7. The first-order valence-electron chi connectivity index (χ1n) is 7.81. The van der Waals surface area contributed by atoms with E-state index in [4.69, 9.17) is 4.75 Å². The molecule has 1 nitrogen and oxygen atoms in total. The number of hydrogen-bond acceptors (Lipinski definition) is 0. The molecule has 0 aliphatic heterocycles. The van der Waals surface area contributed by atoms with Crippen LogP contribution in [0.4, 0.5) is 0 Å². The maximum atomic E-state index is 5.48. The molecule has 0 N–H and O–H groups in total. The van der Waals surface area contributed by atoms with Crippen LogP contribution in [0.2, 0.25) is 78.6 Å². The third-order valence-electron chi connectivity index (χ3n) is 2.84. The summed E-state index contributed by atoms with van der Waals surface area (Å²) in [6, 6.07) is 0. The molecule has 0 heterocycles. The van der Waals surface area contributed by atoms with Gasteiger partial charge in [0.05, 0.1) is 26.5 Å². The highest BCUT2D eigenvalue weighted by molar-refractivity contribution is 7.73. The van der Waals surface area contributed by atoms with Crippen LogP contribution >= 0.6 is 7.70 Å². The lowest BCUT2D eigenvalue weighted by molar-refractivity contribution is 1.46. The highest BCUT2D eigenvalue weighted by Gasteiger charge is 2.45. The fraction of sp³-hybridized carbons (Fsp3) is 0.929. The molecule has 0 saturated heterocycles. The van der Waals surface area contributed by atoms with Crippen LogP contribution in [0.1, 0.15) is 0 Å². The van der Waals surface area contributed by atoms with Crippen molar-refractivity contribution >= 4 is 45.6 Å². The molecule has 0 radical (unpaired) electrons. The van der Waals surface area contributed by atoms with Crippen molar-refractivity contribution in [1.82, 2.24) is 0 Å². The summed E-state index contributed by atoms with van der Waals surface area (Å²) in [4.78, 5) is 0.934. The van der Waals surface area contributed by atoms with E-state index in [0.717, 1.165) is 4.91 Å². The smallest absolute Gasteiger partial charge is 0.120 e. The minimum atomic E-state index is -1.35. The quantitative estimate of drug-likeness (QED) is 0.383. The van der Waals surface area contributed by atoms with Gasteiger partial charge in [0.25, 0.3) is 0 Å². The van der Waals surface area contributed by atoms with Crippen molar-refractivity contribution in [2.45, 2.75) is 83.5 Å². The Balaban J connectivity index is 5.88. The number of hydrogen-bond donors (Lipinski definition) is 0. The molecule has 0 rings (SSSR count). The van der Waals surface area contributed by atoms with Gasteiger partial charge in [0.2, 0.25) is 0 Å². The van der Waals surface area contributed by atoms with Gasteiger partial charge in [-0.05, 0) is 15.9 Å². The lowest BCUT2D eigenvalue weighted by Crippen LogP contribution is -2.52. The SMILES string of the molecule is C[Si](C)(C)/C=[P+](/[N-][Si](C)(C)C)C([Si](C)(C)C)[Si](C)(C)C. The summed E-state index contributed by atoms with van der Waals surface area (Å²) >= 11 is 0. The van der Waals surface area contributed by atoms with Gasteiger partial charge in [-0.15, -0.1) is 0 Å². The van der Waals surface area contributed by atoms with E-state index in [1.54, 1.807) is 0 Å². The molecule has 0 amide bonds. The summed E-state index contributed by atoms with van der Waals surface area (Å²) in [5, 5.41) is 0. The Kier molecular flexibility index (Phi) is 6.96. The van der Waals surface area contributed by atoms with E-state index in [0.29, 0.717) is 0 Å². The molecule has 1 atom stereocenters. The molecule has 0 spiro atoms. The van der Waals surface area contributed by atoms with E-state index in [2.05, 4.69) is 84.0 Å². The summed E-state index contributed by atoms with van der Waals surface area (Å²) in [5.74, 6) is 0. The van der Waals surface area contributed by atoms with Crippen LogP contribution in [0.25, 0.3) is 4.75 Å². The summed E-state index contributed by atoms with van der Waals surface area (Å²) in [5.41, 5.74) is 2.77. The van der Waals surface area contributed by atoms with Gasteiger partial charge in [0.15, 0.2) is 0 Å². The van der Waals surface area contributed by atoms with Crippen molar-refractivity contribution < 1.29 is 0 Å². The molecule has 20 heavy (non-hydrogen) atoms. The fourth-order valence-corrected chi connectivity index (χ4v) is 29.9. The third kappa shape index (κ3) is 8.44. The fourth-order valence-electron chi connectivity index (χ4n) is 3.00. The van der Waals surface area contributed by atoms with E-state index in [1.165, 1.54) is 0 Å². The Hall–Kier alpha value is 0.998. The van der Waals surface area contributed by atoms with E-state index in [9.17, 15) is 0 Å². The van der Waals surface area contributed by atoms with E-state index >= 15 is 0 Å². The molecular formula is C14H38NPSi4. The molecule has 1 unspecified atom stereocenters. The molecule has 0 aromatic carbocycles. The van der Waals surface area contributed by atoms with Crippen LogP contribution in [-0.4, -0.2) is 42.8 Å². The van der Waals surface area contributed by atoms with Crippen LogP contribution in [0.15, 0.2) is 0 Å². The zero-order chi connectivity index (χ0) is 16.6. The number of nitrogens with zero attached hydrogens (tertiary/aromatic N) is 1. The average Bonchev–Trinajstić information content (AvgIpc) is 1.87. The number of rotatable bonds is 6. The van der Waals surface area contributed by atoms with E-state index in [-0.39, 0.29) is 7.70 Å². The second-order valence-electron chi connectivity index (χ2n) is 10.3. The van der Waals surface area contributed by atoms with Gasteiger partial charge in [-0.2, -0.15) is 0 Å². The van der Waals surface area contributed by atoms with E-state index in [1.807, 2.05) is 0 Å². The van der Waals surface area contributed by atoms with Crippen LogP contribution in [0.5, 0.6) is 0 Å². The van der Waals surface area contributed by atoms with Gasteiger partial charge < -0.3 is 4.75 Å². The normalized spacial score (nSPS) is 15.9. The van der Waals surface area contributed by atoms with Crippen molar-refractivity contribution in [1.29, 1.82) is 0 Å². The van der Waals surface area contributed by atoms with Crippen LogP contribution < -0.4 is 0 Å². The molecule has 120 valence electrons. The Morgan fingerprint density at radius 2 is 1.05 bits per heavy atom. The minimum absolute atomic E-state index is 0.229. The second-order valence-corrected chi connectivity index (χ2v) is 34.6. The Bertz CT molecular complexity index is 339. The van der Waals surface area contributed by atoms with E-state index < -0.39 is 32.5 Å².